The molecule has 0 aromatic rings. The Bertz CT molecular complexity index is 1080. The van der Waals surface area contributed by atoms with Crippen molar-refractivity contribution >= 4 is 53.3 Å². The zero-order chi connectivity index (χ0) is 33.8. The molecule has 0 heterocycles. The standard InChI is InChI=1S/C23H41N11O10/c1-11(19(40)29-9-18(39)32-13(22(43)44)3-2-6-28-23(26)27)31-17(38)8-30-20(41)12(4-5-15(25)36)34-21(42)14(10-35)33-16(37)7-24/h11-14,35H,2-10,24H2,1H3,(H2,25,36)(H,29,40)(H,30,41)(H,31,38)(H,32,39)(H,33,37)(H,34,42)(H,43,44)(H4,26,27,28)/t11-,12-,13-,14-/m0/s1. The van der Waals surface area contributed by atoms with E-state index in [0.717, 1.165) is 0 Å². The molecule has 0 unspecified atom stereocenters. The lowest BCUT2D eigenvalue weighted by Gasteiger charge is -2.22. The number of carbonyl (C=O) groups excluding carboxylic acids is 7. The van der Waals surface area contributed by atoms with E-state index in [0.29, 0.717) is 0 Å². The van der Waals surface area contributed by atoms with Gasteiger partial charge in [-0.05, 0) is 26.2 Å². The first-order valence-electron chi connectivity index (χ1n) is 13.2. The maximum atomic E-state index is 12.6. The highest BCUT2D eigenvalue weighted by Gasteiger charge is 2.27. The average molecular weight is 632 g/mol. The molecule has 0 radical (unpaired) electrons. The highest BCUT2D eigenvalue weighted by Crippen LogP contribution is 2.00. The molecule has 0 aromatic heterocycles. The largest absolute Gasteiger partial charge is 0.480 e. The summed E-state index contributed by atoms with van der Waals surface area (Å²) in [5.74, 6) is -7.37. The van der Waals surface area contributed by atoms with Crippen LogP contribution >= 0.6 is 0 Å². The Balaban J connectivity index is 4.89. The Kier molecular flexibility index (Phi) is 18.4. The van der Waals surface area contributed by atoms with E-state index in [4.69, 9.17) is 22.9 Å². The number of rotatable bonds is 21. The molecule has 4 atom stereocenters. The molecule has 21 heteroatoms. The molecule has 0 spiro atoms. The average Bonchev–Trinajstić information content (AvgIpc) is 2.96. The van der Waals surface area contributed by atoms with Crippen LogP contribution in [0.25, 0.3) is 0 Å². The fourth-order valence-corrected chi connectivity index (χ4v) is 3.25. The van der Waals surface area contributed by atoms with Gasteiger partial charge in [-0.2, -0.15) is 0 Å². The fourth-order valence-electron chi connectivity index (χ4n) is 3.25. The number of carboxylic acid groups (broad SMARTS) is 1. The van der Waals surface area contributed by atoms with E-state index in [1.54, 1.807) is 0 Å². The number of aliphatic imine (C=N–C) groups is 1. The Morgan fingerprint density at radius 1 is 0.727 bits per heavy atom. The SMILES string of the molecule is C[C@H](NC(=O)CNC(=O)[C@H](CCC(N)=O)NC(=O)[C@H](CO)NC(=O)CN)C(=O)NCC(=O)N[C@@H](CCCN=C(N)N)C(=O)O. The first-order chi connectivity index (χ1) is 20.6. The third-order valence-electron chi connectivity index (χ3n) is 5.53. The summed E-state index contributed by atoms with van der Waals surface area (Å²) in [5.41, 5.74) is 20.6. The molecule has 0 aliphatic carbocycles. The maximum Gasteiger partial charge on any atom is 0.326 e. The van der Waals surface area contributed by atoms with Crippen molar-refractivity contribution in [2.45, 2.75) is 56.8 Å². The normalized spacial score (nSPS) is 13.1. The number of aliphatic carboxylic acids is 1. The summed E-state index contributed by atoms with van der Waals surface area (Å²) in [4.78, 5) is 99.4. The van der Waals surface area contributed by atoms with Crippen molar-refractivity contribution in [3.63, 3.8) is 0 Å². The van der Waals surface area contributed by atoms with Gasteiger partial charge in [0, 0.05) is 13.0 Å². The Hall–Kier alpha value is -5.05. The number of carbonyl (C=O) groups is 8. The molecule has 248 valence electrons. The lowest BCUT2D eigenvalue weighted by molar-refractivity contribution is -0.142. The predicted molar refractivity (Wildman–Crippen MR) is 152 cm³/mol. The lowest BCUT2D eigenvalue weighted by atomic mass is 10.1. The monoisotopic (exact) mass is 631 g/mol. The Morgan fingerprint density at radius 2 is 1.30 bits per heavy atom. The number of primary amides is 1. The summed E-state index contributed by atoms with van der Waals surface area (Å²) >= 11 is 0. The van der Waals surface area contributed by atoms with Crippen molar-refractivity contribution in [1.29, 1.82) is 0 Å². The van der Waals surface area contributed by atoms with Crippen LogP contribution in [-0.4, -0.2) is 120 Å². The van der Waals surface area contributed by atoms with Crippen LogP contribution in [0.3, 0.4) is 0 Å². The van der Waals surface area contributed by atoms with Gasteiger partial charge in [0.05, 0.1) is 26.2 Å². The van der Waals surface area contributed by atoms with Crippen LogP contribution in [0.2, 0.25) is 0 Å². The zero-order valence-corrected chi connectivity index (χ0v) is 24.1. The van der Waals surface area contributed by atoms with Gasteiger partial charge in [-0.25, -0.2) is 4.79 Å². The summed E-state index contributed by atoms with van der Waals surface area (Å²) in [6.07, 6.45) is -0.337. The second-order valence-corrected chi connectivity index (χ2v) is 9.20. The molecule has 44 heavy (non-hydrogen) atoms. The van der Waals surface area contributed by atoms with E-state index in [9.17, 15) is 48.6 Å². The van der Waals surface area contributed by atoms with E-state index in [-0.39, 0.29) is 38.2 Å². The van der Waals surface area contributed by atoms with Crippen LogP contribution in [0, 0.1) is 0 Å². The van der Waals surface area contributed by atoms with Crippen molar-refractivity contribution in [2.24, 2.45) is 27.9 Å². The minimum atomic E-state index is -1.45. The molecule has 0 bridgehead atoms. The molecule has 0 aliphatic heterocycles. The first-order valence-corrected chi connectivity index (χ1v) is 13.2. The first kappa shape index (κ1) is 38.9. The van der Waals surface area contributed by atoms with E-state index < -0.39 is 97.7 Å². The third kappa shape index (κ3) is 17.0. The van der Waals surface area contributed by atoms with Crippen LogP contribution in [0.4, 0.5) is 0 Å². The smallest absolute Gasteiger partial charge is 0.326 e. The Morgan fingerprint density at radius 3 is 1.82 bits per heavy atom. The molecule has 0 aromatic carbocycles. The fraction of sp³-hybridized carbons (Fsp3) is 0.609. The van der Waals surface area contributed by atoms with Gasteiger partial charge in [-0.3, -0.25) is 38.6 Å². The molecule has 21 nitrogen and oxygen atoms in total. The third-order valence-corrected chi connectivity index (χ3v) is 5.53. The van der Waals surface area contributed by atoms with Crippen molar-refractivity contribution in [3.8, 4) is 0 Å². The van der Waals surface area contributed by atoms with Gasteiger partial charge < -0.3 is 65.0 Å². The molecule has 7 amide bonds. The van der Waals surface area contributed by atoms with Crippen molar-refractivity contribution in [1.82, 2.24) is 31.9 Å². The van der Waals surface area contributed by atoms with Crippen molar-refractivity contribution in [2.75, 3.05) is 32.8 Å². The minimum Gasteiger partial charge on any atom is -0.480 e. The number of aliphatic hydroxyl groups excluding tert-OH is 1. The highest BCUT2D eigenvalue weighted by atomic mass is 16.4. The summed E-state index contributed by atoms with van der Waals surface area (Å²) in [6, 6.07) is -5.30. The van der Waals surface area contributed by atoms with Gasteiger partial charge in [0.25, 0.3) is 0 Å². The van der Waals surface area contributed by atoms with Crippen LogP contribution in [-0.2, 0) is 38.4 Å². The Labute approximate surface area is 251 Å². The van der Waals surface area contributed by atoms with Crippen LogP contribution < -0.4 is 54.8 Å². The van der Waals surface area contributed by atoms with Crippen LogP contribution in [0.1, 0.15) is 32.6 Å². The summed E-state index contributed by atoms with van der Waals surface area (Å²) < 4.78 is 0. The molecule has 0 rings (SSSR count). The lowest BCUT2D eigenvalue weighted by Crippen LogP contribution is -2.56. The number of nitrogens with zero attached hydrogens (tertiary/aromatic N) is 1. The van der Waals surface area contributed by atoms with Gasteiger partial charge in [0.1, 0.15) is 24.2 Å². The van der Waals surface area contributed by atoms with Gasteiger partial charge in [0.2, 0.25) is 41.4 Å². The predicted octanol–water partition coefficient (Wildman–Crippen LogP) is -7.47. The number of carboxylic acids is 1. The van der Waals surface area contributed by atoms with Gasteiger partial charge in [-0.15, -0.1) is 0 Å². The molecular weight excluding hydrogens is 590 g/mol. The van der Waals surface area contributed by atoms with Crippen molar-refractivity contribution < 1.29 is 48.6 Å². The molecular formula is C23H41N11O10. The van der Waals surface area contributed by atoms with E-state index >= 15 is 0 Å². The molecule has 0 aliphatic rings. The van der Waals surface area contributed by atoms with E-state index in [1.165, 1.54) is 6.92 Å². The number of hydrogen-bond donors (Lipinski definition) is 12. The summed E-state index contributed by atoms with van der Waals surface area (Å²) in [5, 5.41) is 32.0. The van der Waals surface area contributed by atoms with Gasteiger partial charge in [0.15, 0.2) is 5.96 Å². The molecule has 16 N–H and O–H groups in total. The zero-order valence-electron chi connectivity index (χ0n) is 24.1. The van der Waals surface area contributed by atoms with Gasteiger partial charge in [-0.1, -0.05) is 0 Å². The number of amides is 7. The van der Waals surface area contributed by atoms with Crippen molar-refractivity contribution in [3.05, 3.63) is 0 Å². The number of aliphatic hydroxyl groups is 1. The molecule has 0 saturated heterocycles. The summed E-state index contributed by atoms with van der Waals surface area (Å²) in [6.45, 7) is -1.15. The van der Waals surface area contributed by atoms with Crippen LogP contribution in [0.5, 0.6) is 0 Å². The van der Waals surface area contributed by atoms with Gasteiger partial charge >= 0.3 is 5.97 Å². The number of guanidine groups is 1. The van der Waals surface area contributed by atoms with E-state index in [2.05, 4.69) is 36.9 Å². The van der Waals surface area contributed by atoms with E-state index in [1.807, 2.05) is 0 Å². The van der Waals surface area contributed by atoms with Crippen LogP contribution in [0.15, 0.2) is 4.99 Å². The quantitative estimate of drug-likeness (QED) is 0.0318. The molecule has 0 saturated carbocycles. The topological polar surface area (TPSA) is 366 Å². The maximum absolute atomic E-state index is 12.6. The second-order valence-electron chi connectivity index (χ2n) is 9.20. The number of nitrogens with two attached hydrogens (primary N) is 4. The minimum absolute atomic E-state index is 0.0178. The number of nitrogens with one attached hydrogen (secondary N) is 6. The second kappa shape index (κ2) is 20.8. The molecule has 0 fully saturated rings. The number of hydrogen-bond acceptors (Lipinski definition) is 11. The highest BCUT2D eigenvalue weighted by molar-refractivity contribution is 5.95. The summed E-state index contributed by atoms with van der Waals surface area (Å²) in [7, 11) is 0.